The van der Waals surface area contributed by atoms with Gasteiger partial charge in [-0.25, -0.2) is 0 Å². The minimum Gasteiger partial charge on any atom is -0.292 e. The predicted octanol–water partition coefficient (Wildman–Crippen LogP) is 5.92. The normalized spacial score (nSPS) is 32.8. The molecule has 1 aromatic carbocycles. The lowest BCUT2D eigenvalue weighted by atomic mass is 9.66. The van der Waals surface area contributed by atoms with Gasteiger partial charge in [0.25, 0.3) is 0 Å². The molecule has 2 nitrogen and oxygen atoms in total. The van der Waals surface area contributed by atoms with E-state index in [2.05, 4.69) is 84.7 Å². The molecule has 0 bridgehead atoms. The third-order valence-electron chi connectivity index (χ3n) is 6.47. The van der Waals surface area contributed by atoms with Crippen molar-refractivity contribution < 1.29 is 4.84 Å². The first-order valence-corrected chi connectivity index (χ1v) is 10.1. The molecule has 0 amide bonds. The molecule has 1 aliphatic carbocycles. The molecule has 1 aliphatic heterocycles. The van der Waals surface area contributed by atoms with Gasteiger partial charge in [-0.05, 0) is 68.9 Å². The quantitative estimate of drug-likeness (QED) is 0.661. The van der Waals surface area contributed by atoms with E-state index in [-0.39, 0.29) is 11.0 Å². The number of rotatable bonds is 2. The summed E-state index contributed by atoms with van der Waals surface area (Å²) in [6.45, 7) is 18.4. The summed E-state index contributed by atoms with van der Waals surface area (Å²) >= 11 is 0. The molecule has 140 valence electrons. The van der Waals surface area contributed by atoms with Crippen molar-refractivity contribution in [1.29, 1.82) is 0 Å². The Balaban J connectivity index is 1.83. The fourth-order valence-corrected chi connectivity index (χ4v) is 5.03. The lowest BCUT2D eigenvalue weighted by Crippen LogP contribution is -2.45. The Kier molecular flexibility index (Phi) is 4.83. The highest BCUT2D eigenvalue weighted by molar-refractivity contribution is 5.30. The van der Waals surface area contributed by atoms with Gasteiger partial charge in [-0.1, -0.05) is 52.0 Å². The van der Waals surface area contributed by atoms with Gasteiger partial charge in [-0.3, -0.25) is 4.84 Å². The SMILES string of the molecule is CC1CC(c2ccc(C(C)(C)C)cc2)CC2C1N(C(C)C)OC2(C)C. The monoisotopic (exact) mass is 343 g/mol. The van der Waals surface area contributed by atoms with Crippen LogP contribution in [0.1, 0.15) is 85.3 Å². The lowest BCUT2D eigenvalue weighted by Gasteiger charge is -2.41. The Bertz CT molecular complexity index is 596. The maximum absolute atomic E-state index is 6.41. The average molecular weight is 344 g/mol. The van der Waals surface area contributed by atoms with Crippen LogP contribution in [0.3, 0.4) is 0 Å². The third kappa shape index (κ3) is 3.53. The molecule has 4 unspecified atom stereocenters. The molecule has 1 saturated heterocycles. The molecule has 0 radical (unpaired) electrons. The van der Waals surface area contributed by atoms with Crippen LogP contribution in [0.2, 0.25) is 0 Å². The lowest BCUT2D eigenvalue weighted by molar-refractivity contribution is -0.215. The molecular weight excluding hydrogens is 306 g/mol. The molecule has 1 heterocycles. The van der Waals surface area contributed by atoms with Gasteiger partial charge >= 0.3 is 0 Å². The van der Waals surface area contributed by atoms with Gasteiger partial charge in [-0.2, -0.15) is 5.06 Å². The molecule has 2 aliphatic rings. The molecule has 25 heavy (non-hydrogen) atoms. The fourth-order valence-electron chi connectivity index (χ4n) is 5.03. The first kappa shape index (κ1) is 18.9. The van der Waals surface area contributed by atoms with Crippen molar-refractivity contribution in [3.05, 3.63) is 35.4 Å². The third-order valence-corrected chi connectivity index (χ3v) is 6.47. The fraction of sp³-hybridized carbons (Fsp3) is 0.739. The van der Waals surface area contributed by atoms with E-state index in [0.29, 0.717) is 29.8 Å². The molecule has 1 aromatic rings. The highest BCUT2D eigenvalue weighted by atomic mass is 16.7. The van der Waals surface area contributed by atoms with Crippen LogP contribution in [0.4, 0.5) is 0 Å². The van der Waals surface area contributed by atoms with Crippen molar-refractivity contribution in [1.82, 2.24) is 5.06 Å². The summed E-state index contributed by atoms with van der Waals surface area (Å²) in [6, 6.07) is 10.4. The maximum Gasteiger partial charge on any atom is 0.0888 e. The van der Waals surface area contributed by atoms with Crippen LogP contribution < -0.4 is 0 Å². The van der Waals surface area contributed by atoms with Crippen LogP contribution in [-0.2, 0) is 10.3 Å². The summed E-state index contributed by atoms with van der Waals surface area (Å²) in [5, 5.41) is 2.30. The first-order chi connectivity index (χ1) is 11.5. The molecule has 2 fully saturated rings. The summed E-state index contributed by atoms with van der Waals surface area (Å²) in [7, 11) is 0. The highest BCUT2D eigenvalue weighted by Crippen LogP contribution is 2.51. The van der Waals surface area contributed by atoms with E-state index >= 15 is 0 Å². The molecule has 2 heteroatoms. The maximum atomic E-state index is 6.41. The van der Waals surface area contributed by atoms with Crippen LogP contribution in [-0.4, -0.2) is 22.7 Å². The minimum atomic E-state index is -0.0623. The second-order valence-corrected chi connectivity index (χ2v) is 10.3. The molecule has 4 atom stereocenters. The Morgan fingerprint density at radius 2 is 1.68 bits per heavy atom. The van der Waals surface area contributed by atoms with Crippen molar-refractivity contribution >= 4 is 0 Å². The first-order valence-electron chi connectivity index (χ1n) is 10.1. The van der Waals surface area contributed by atoms with E-state index in [0.717, 1.165) is 0 Å². The average Bonchev–Trinajstić information content (AvgIpc) is 2.79. The van der Waals surface area contributed by atoms with Gasteiger partial charge < -0.3 is 0 Å². The predicted molar refractivity (Wildman–Crippen MR) is 106 cm³/mol. The molecule has 3 rings (SSSR count). The number of hydroxylamine groups is 2. The van der Waals surface area contributed by atoms with Gasteiger partial charge in [-0.15, -0.1) is 0 Å². The number of benzene rings is 1. The van der Waals surface area contributed by atoms with Crippen LogP contribution in [0, 0.1) is 11.8 Å². The summed E-state index contributed by atoms with van der Waals surface area (Å²) in [5.41, 5.74) is 3.10. The highest BCUT2D eigenvalue weighted by Gasteiger charge is 2.54. The zero-order chi connectivity index (χ0) is 18.6. The van der Waals surface area contributed by atoms with E-state index < -0.39 is 0 Å². The van der Waals surface area contributed by atoms with Gasteiger partial charge in [0.1, 0.15) is 0 Å². The molecule has 1 saturated carbocycles. The van der Waals surface area contributed by atoms with Crippen LogP contribution in [0.25, 0.3) is 0 Å². The second-order valence-electron chi connectivity index (χ2n) is 10.3. The van der Waals surface area contributed by atoms with Gasteiger partial charge in [0.15, 0.2) is 0 Å². The Hall–Kier alpha value is -0.860. The van der Waals surface area contributed by atoms with Crippen molar-refractivity contribution in [3.63, 3.8) is 0 Å². The number of hydrogen-bond acceptors (Lipinski definition) is 2. The number of nitrogens with zero attached hydrogens (tertiary/aromatic N) is 1. The number of fused-ring (bicyclic) bond motifs is 1. The van der Waals surface area contributed by atoms with Crippen molar-refractivity contribution in [2.45, 2.75) is 97.2 Å². The minimum absolute atomic E-state index is 0.0623. The summed E-state index contributed by atoms with van der Waals surface area (Å²) < 4.78 is 0. The van der Waals surface area contributed by atoms with Crippen molar-refractivity contribution in [2.24, 2.45) is 11.8 Å². The van der Waals surface area contributed by atoms with Gasteiger partial charge in [0.2, 0.25) is 0 Å². The van der Waals surface area contributed by atoms with Gasteiger partial charge in [0, 0.05) is 18.0 Å². The van der Waals surface area contributed by atoms with Gasteiger partial charge in [0.05, 0.1) is 5.60 Å². The second kappa shape index (κ2) is 6.39. The summed E-state index contributed by atoms with van der Waals surface area (Å²) in [5.74, 6) is 1.92. The smallest absolute Gasteiger partial charge is 0.0888 e. The van der Waals surface area contributed by atoms with Crippen molar-refractivity contribution in [2.75, 3.05) is 0 Å². The topological polar surface area (TPSA) is 12.5 Å². The van der Waals surface area contributed by atoms with Crippen LogP contribution in [0.5, 0.6) is 0 Å². The molecule has 0 aromatic heterocycles. The van der Waals surface area contributed by atoms with E-state index in [1.165, 1.54) is 24.0 Å². The molecular formula is C23H37NO. The largest absolute Gasteiger partial charge is 0.292 e. The molecule has 0 N–H and O–H groups in total. The zero-order valence-electron chi connectivity index (χ0n) is 17.5. The summed E-state index contributed by atoms with van der Waals surface area (Å²) in [6.07, 6.45) is 2.50. The van der Waals surface area contributed by atoms with E-state index in [4.69, 9.17) is 4.84 Å². The molecule has 0 spiro atoms. The van der Waals surface area contributed by atoms with E-state index in [9.17, 15) is 0 Å². The zero-order valence-corrected chi connectivity index (χ0v) is 17.5. The Morgan fingerprint density at radius 3 is 2.20 bits per heavy atom. The standard InChI is InChI=1S/C23H37NO/c1-15(2)24-21-16(3)13-18(14-20(21)23(7,8)25-24)17-9-11-19(12-10-17)22(4,5)6/h9-12,15-16,18,20-21H,13-14H2,1-8H3. The van der Waals surface area contributed by atoms with E-state index in [1.54, 1.807) is 0 Å². The summed E-state index contributed by atoms with van der Waals surface area (Å²) in [4.78, 5) is 6.41. The van der Waals surface area contributed by atoms with E-state index in [1.807, 2.05) is 0 Å². The van der Waals surface area contributed by atoms with Crippen LogP contribution >= 0.6 is 0 Å². The Labute approximate surface area is 154 Å². The van der Waals surface area contributed by atoms with Crippen LogP contribution in [0.15, 0.2) is 24.3 Å². The Morgan fingerprint density at radius 1 is 1.08 bits per heavy atom. The van der Waals surface area contributed by atoms with Crippen molar-refractivity contribution in [3.8, 4) is 0 Å². The number of hydrogen-bond donors (Lipinski definition) is 0.